The SMILES string of the molecule is CC(C)C(CO)CCc1cccs1. The molecule has 0 saturated heterocycles. The van der Waals surface area contributed by atoms with Gasteiger partial charge in [0.2, 0.25) is 0 Å². The number of hydrogen-bond donors (Lipinski definition) is 1. The second-order valence-corrected chi connectivity index (χ2v) is 4.84. The first kappa shape index (κ1) is 10.7. The molecule has 1 N–H and O–H groups in total. The fourth-order valence-corrected chi connectivity index (χ4v) is 2.14. The van der Waals surface area contributed by atoms with E-state index in [1.165, 1.54) is 4.88 Å². The highest BCUT2D eigenvalue weighted by Gasteiger charge is 2.11. The van der Waals surface area contributed by atoms with Crippen molar-refractivity contribution >= 4 is 11.3 Å². The molecule has 0 amide bonds. The van der Waals surface area contributed by atoms with E-state index in [0.717, 1.165) is 12.8 Å². The first-order valence-corrected chi connectivity index (χ1v) is 5.75. The molecule has 1 atom stereocenters. The van der Waals surface area contributed by atoms with Crippen molar-refractivity contribution in [2.75, 3.05) is 6.61 Å². The van der Waals surface area contributed by atoms with Crippen LogP contribution in [0.15, 0.2) is 17.5 Å². The topological polar surface area (TPSA) is 20.2 Å². The minimum absolute atomic E-state index is 0.322. The third-order valence-corrected chi connectivity index (χ3v) is 3.46. The Morgan fingerprint density at radius 3 is 2.69 bits per heavy atom. The highest BCUT2D eigenvalue weighted by molar-refractivity contribution is 7.09. The van der Waals surface area contributed by atoms with E-state index in [0.29, 0.717) is 18.4 Å². The number of thiophene rings is 1. The van der Waals surface area contributed by atoms with Crippen LogP contribution in [0.1, 0.15) is 25.1 Å². The van der Waals surface area contributed by atoms with Crippen LogP contribution >= 0.6 is 11.3 Å². The van der Waals surface area contributed by atoms with Gasteiger partial charge < -0.3 is 5.11 Å². The highest BCUT2D eigenvalue weighted by Crippen LogP contribution is 2.19. The second-order valence-electron chi connectivity index (χ2n) is 3.80. The molecule has 13 heavy (non-hydrogen) atoms. The number of aliphatic hydroxyl groups excluding tert-OH is 1. The number of aliphatic hydroxyl groups is 1. The summed E-state index contributed by atoms with van der Waals surface area (Å²) in [6.45, 7) is 4.67. The predicted molar refractivity (Wildman–Crippen MR) is 58.1 cm³/mol. The van der Waals surface area contributed by atoms with Crippen molar-refractivity contribution in [1.29, 1.82) is 0 Å². The van der Waals surface area contributed by atoms with Gasteiger partial charge in [0.1, 0.15) is 0 Å². The molecule has 0 aromatic carbocycles. The van der Waals surface area contributed by atoms with E-state index in [1.54, 1.807) is 11.3 Å². The Balaban J connectivity index is 2.32. The molecule has 1 heterocycles. The quantitative estimate of drug-likeness (QED) is 0.771. The first-order valence-electron chi connectivity index (χ1n) is 4.87. The molecular formula is C11H18OS. The van der Waals surface area contributed by atoms with Crippen LogP contribution in [0.4, 0.5) is 0 Å². The van der Waals surface area contributed by atoms with Crippen molar-refractivity contribution in [2.24, 2.45) is 11.8 Å². The maximum Gasteiger partial charge on any atom is 0.0461 e. The molecule has 1 aromatic rings. The van der Waals surface area contributed by atoms with E-state index < -0.39 is 0 Å². The maximum atomic E-state index is 9.13. The number of hydrogen-bond acceptors (Lipinski definition) is 2. The third kappa shape index (κ3) is 3.49. The summed E-state index contributed by atoms with van der Waals surface area (Å²) in [6.07, 6.45) is 2.22. The zero-order valence-corrected chi connectivity index (χ0v) is 9.18. The summed E-state index contributed by atoms with van der Waals surface area (Å²) in [5, 5.41) is 11.2. The zero-order valence-electron chi connectivity index (χ0n) is 8.36. The molecule has 0 spiro atoms. The summed E-state index contributed by atoms with van der Waals surface area (Å²) in [7, 11) is 0. The smallest absolute Gasteiger partial charge is 0.0461 e. The van der Waals surface area contributed by atoms with Crippen molar-refractivity contribution in [3.8, 4) is 0 Å². The Morgan fingerprint density at radius 1 is 1.46 bits per heavy atom. The normalized spacial score (nSPS) is 13.5. The van der Waals surface area contributed by atoms with Gasteiger partial charge in [-0.25, -0.2) is 0 Å². The minimum atomic E-state index is 0.322. The van der Waals surface area contributed by atoms with E-state index >= 15 is 0 Å². The number of aryl methyl sites for hydroxylation is 1. The molecule has 74 valence electrons. The first-order chi connectivity index (χ1) is 6.24. The average Bonchev–Trinajstić information content (AvgIpc) is 2.57. The Labute approximate surface area is 84.4 Å². The molecule has 0 aliphatic carbocycles. The lowest BCUT2D eigenvalue weighted by Gasteiger charge is -2.17. The predicted octanol–water partition coefficient (Wildman–Crippen LogP) is 2.95. The lowest BCUT2D eigenvalue weighted by Crippen LogP contribution is -2.13. The van der Waals surface area contributed by atoms with Gasteiger partial charge in [0.25, 0.3) is 0 Å². The molecule has 0 saturated carbocycles. The van der Waals surface area contributed by atoms with Gasteiger partial charge in [-0.15, -0.1) is 11.3 Å². The van der Waals surface area contributed by atoms with Gasteiger partial charge in [-0.05, 0) is 36.1 Å². The van der Waals surface area contributed by atoms with Crippen LogP contribution in [0.5, 0.6) is 0 Å². The van der Waals surface area contributed by atoms with Crippen LogP contribution in [-0.2, 0) is 6.42 Å². The molecule has 2 heteroatoms. The van der Waals surface area contributed by atoms with Crippen molar-refractivity contribution in [2.45, 2.75) is 26.7 Å². The van der Waals surface area contributed by atoms with Crippen LogP contribution in [0.3, 0.4) is 0 Å². The maximum absolute atomic E-state index is 9.13. The lowest BCUT2D eigenvalue weighted by atomic mass is 9.92. The average molecular weight is 198 g/mol. The molecule has 0 aliphatic rings. The monoisotopic (exact) mass is 198 g/mol. The van der Waals surface area contributed by atoms with E-state index in [2.05, 4.69) is 31.4 Å². The summed E-state index contributed by atoms with van der Waals surface area (Å²) in [5.41, 5.74) is 0. The molecule has 1 aromatic heterocycles. The fourth-order valence-electron chi connectivity index (χ4n) is 1.42. The molecule has 0 radical (unpaired) electrons. The van der Waals surface area contributed by atoms with E-state index in [1.807, 2.05) is 0 Å². The fraction of sp³-hybridized carbons (Fsp3) is 0.636. The summed E-state index contributed by atoms with van der Waals surface area (Å²) >= 11 is 1.81. The Bertz CT molecular complexity index is 216. The van der Waals surface area contributed by atoms with Crippen LogP contribution < -0.4 is 0 Å². The van der Waals surface area contributed by atoms with E-state index in [9.17, 15) is 0 Å². The van der Waals surface area contributed by atoms with Gasteiger partial charge in [0, 0.05) is 11.5 Å². The summed E-state index contributed by atoms with van der Waals surface area (Å²) < 4.78 is 0. The van der Waals surface area contributed by atoms with Crippen molar-refractivity contribution in [1.82, 2.24) is 0 Å². The highest BCUT2D eigenvalue weighted by atomic mass is 32.1. The van der Waals surface area contributed by atoms with E-state index in [-0.39, 0.29) is 0 Å². The van der Waals surface area contributed by atoms with Gasteiger partial charge >= 0.3 is 0 Å². The van der Waals surface area contributed by atoms with Crippen LogP contribution in [0.2, 0.25) is 0 Å². The van der Waals surface area contributed by atoms with Gasteiger partial charge in [-0.2, -0.15) is 0 Å². The third-order valence-electron chi connectivity index (χ3n) is 2.52. The van der Waals surface area contributed by atoms with Gasteiger partial charge in [0.05, 0.1) is 0 Å². The summed E-state index contributed by atoms with van der Waals surface area (Å²) in [5.74, 6) is 1.05. The van der Waals surface area contributed by atoms with Crippen molar-refractivity contribution in [3.05, 3.63) is 22.4 Å². The van der Waals surface area contributed by atoms with Crippen molar-refractivity contribution in [3.63, 3.8) is 0 Å². The van der Waals surface area contributed by atoms with Crippen LogP contribution in [0.25, 0.3) is 0 Å². The second kappa shape index (κ2) is 5.40. The summed E-state index contributed by atoms with van der Waals surface area (Å²) in [6, 6.07) is 4.25. The van der Waals surface area contributed by atoms with Crippen LogP contribution in [0, 0.1) is 11.8 Å². The van der Waals surface area contributed by atoms with Crippen LogP contribution in [-0.4, -0.2) is 11.7 Å². The molecule has 0 fully saturated rings. The standard InChI is InChI=1S/C11H18OS/c1-9(2)10(8-12)5-6-11-4-3-7-13-11/h3-4,7,9-10,12H,5-6,8H2,1-2H3. The molecule has 0 bridgehead atoms. The minimum Gasteiger partial charge on any atom is -0.396 e. The molecule has 1 unspecified atom stereocenters. The Morgan fingerprint density at radius 2 is 2.23 bits per heavy atom. The van der Waals surface area contributed by atoms with Gasteiger partial charge in [-0.3, -0.25) is 0 Å². The molecule has 0 aliphatic heterocycles. The Hall–Kier alpha value is -0.340. The number of rotatable bonds is 5. The molecule has 1 nitrogen and oxygen atoms in total. The van der Waals surface area contributed by atoms with E-state index in [4.69, 9.17) is 5.11 Å². The molecule has 1 rings (SSSR count). The molecular weight excluding hydrogens is 180 g/mol. The Kier molecular flexibility index (Phi) is 4.46. The summed E-state index contributed by atoms with van der Waals surface area (Å²) in [4.78, 5) is 1.43. The zero-order chi connectivity index (χ0) is 9.68. The largest absolute Gasteiger partial charge is 0.396 e. The lowest BCUT2D eigenvalue weighted by molar-refractivity contribution is 0.181. The van der Waals surface area contributed by atoms with Gasteiger partial charge in [-0.1, -0.05) is 19.9 Å². The van der Waals surface area contributed by atoms with Gasteiger partial charge in [0.15, 0.2) is 0 Å². The van der Waals surface area contributed by atoms with Crippen molar-refractivity contribution < 1.29 is 5.11 Å².